The molecule has 3 N–H and O–H groups in total. The minimum atomic E-state index is -4.62. The van der Waals surface area contributed by atoms with Crippen molar-refractivity contribution in [3.8, 4) is 0 Å². The Morgan fingerprint density at radius 1 is 0.731 bits per heavy atom. The molecule has 1 amide bonds. The first-order valence-electron chi connectivity index (χ1n) is 19.9. The van der Waals surface area contributed by atoms with Crippen LogP contribution in [-0.4, -0.2) is 79.8 Å². The van der Waals surface area contributed by atoms with Gasteiger partial charge in [-0.15, -0.1) is 0 Å². The van der Waals surface area contributed by atoms with E-state index < -0.39 is 32.7 Å². The maximum atomic E-state index is 12.8. The number of phosphoric acid groups is 1. The number of phosphoric ester groups is 1. The summed E-state index contributed by atoms with van der Waals surface area (Å²) in [4.78, 5) is 25.2. The Labute approximate surface area is 317 Å². The van der Waals surface area contributed by atoms with E-state index in [-0.39, 0.29) is 18.9 Å². The maximum Gasteiger partial charge on any atom is 0.268 e. The van der Waals surface area contributed by atoms with Gasteiger partial charge in [0.2, 0.25) is 5.91 Å². The highest BCUT2D eigenvalue weighted by atomic mass is 31.2. The molecule has 0 rings (SSSR count). The molecule has 52 heavy (non-hydrogen) atoms. The number of likely N-dealkylation sites (N-methyl/N-ethyl adjacent to an activating group) is 1. The molecule has 10 heteroatoms. The predicted molar refractivity (Wildman–Crippen MR) is 216 cm³/mol. The highest BCUT2D eigenvalue weighted by molar-refractivity contribution is 7.45. The number of aliphatic hydroxyl groups excluding tert-OH is 2. The Balaban J connectivity index is 4.74. The summed E-state index contributed by atoms with van der Waals surface area (Å²) >= 11 is 0. The molecule has 9 nitrogen and oxygen atoms in total. The van der Waals surface area contributed by atoms with E-state index in [1.54, 1.807) is 12.2 Å². The van der Waals surface area contributed by atoms with Crippen molar-refractivity contribution in [1.82, 2.24) is 5.32 Å². The number of aliphatic hydroxyl groups is 2. The van der Waals surface area contributed by atoms with Crippen molar-refractivity contribution in [3.63, 3.8) is 0 Å². The SMILES string of the molecule is CCCCC/C=C\C[C@H](O)/C=C/C=C\C/C=C\CCCC(=O)N[C@@H](COP(=O)([O-])OCC[N+](C)(C)C)[C@H](O)/C=C/CC/C=C\CCCCCCCC. The molecule has 0 fully saturated rings. The van der Waals surface area contributed by atoms with Crippen LogP contribution in [0.25, 0.3) is 0 Å². The van der Waals surface area contributed by atoms with Gasteiger partial charge < -0.3 is 34.0 Å². The standard InChI is InChI=1S/C42H75N2O7P/c1-6-8-10-12-14-15-16-17-18-22-26-30-34-41(46)40(38-51-52(48,49)50-37-36-44(3,4)5)43-42(47)35-31-27-23-20-19-21-25-29-33-39(45)32-28-24-13-11-9-7-2/h17-18,20-21,23-25,28-30,33-34,39-41,45-46H,6-16,19,22,26-27,31-32,35-38H2,1-5H3,(H-,43,47,48,49)/b18-17-,23-20-,25-21-,28-24-,33-29+,34-30+/t39-,40-,41+/m0/s1. The molecule has 0 radical (unpaired) electrons. The molecule has 0 aliphatic heterocycles. The second kappa shape index (κ2) is 33.5. The van der Waals surface area contributed by atoms with Gasteiger partial charge in [-0.2, -0.15) is 0 Å². The lowest BCUT2D eigenvalue weighted by Gasteiger charge is -2.29. The van der Waals surface area contributed by atoms with E-state index in [1.807, 2.05) is 63.7 Å². The molecule has 0 bridgehead atoms. The minimum Gasteiger partial charge on any atom is -0.756 e. The van der Waals surface area contributed by atoms with Crippen LogP contribution < -0.4 is 10.2 Å². The Hall–Kier alpha value is -2.10. The number of rotatable bonds is 34. The third-order valence-electron chi connectivity index (χ3n) is 8.22. The quantitative estimate of drug-likeness (QED) is 0.0197. The first kappa shape index (κ1) is 49.9. The zero-order chi connectivity index (χ0) is 38.8. The molecule has 4 atom stereocenters. The number of nitrogens with zero attached hydrogens (tertiary/aromatic N) is 1. The van der Waals surface area contributed by atoms with E-state index in [0.29, 0.717) is 30.3 Å². The third-order valence-corrected chi connectivity index (χ3v) is 9.18. The molecule has 0 aromatic heterocycles. The van der Waals surface area contributed by atoms with Gasteiger partial charge in [-0.1, -0.05) is 132 Å². The summed E-state index contributed by atoms with van der Waals surface area (Å²) in [6.45, 7) is 4.42. The number of quaternary nitrogens is 1. The zero-order valence-corrected chi connectivity index (χ0v) is 34.2. The number of carbonyl (C=O) groups is 1. The van der Waals surface area contributed by atoms with E-state index in [9.17, 15) is 24.5 Å². The number of allylic oxidation sites excluding steroid dienone is 9. The van der Waals surface area contributed by atoms with Gasteiger partial charge in [0.15, 0.2) is 0 Å². The van der Waals surface area contributed by atoms with Crippen molar-refractivity contribution in [2.24, 2.45) is 0 Å². The van der Waals surface area contributed by atoms with Crippen molar-refractivity contribution in [3.05, 3.63) is 72.9 Å². The van der Waals surface area contributed by atoms with Gasteiger partial charge in [0.05, 0.1) is 46.0 Å². The zero-order valence-electron chi connectivity index (χ0n) is 33.3. The third kappa shape index (κ3) is 35.0. The summed E-state index contributed by atoms with van der Waals surface area (Å²) in [5.41, 5.74) is 0. The molecule has 0 saturated carbocycles. The van der Waals surface area contributed by atoms with E-state index in [1.165, 1.54) is 57.8 Å². The topological polar surface area (TPSA) is 128 Å². The summed E-state index contributed by atoms with van der Waals surface area (Å²) < 4.78 is 23.0. The van der Waals surface area contributed by atoms with Crippen LogP contribution in [0.5, 0.6) is 0 Å². The average molecular weight is 751 g/mol. The molecule has 0 saturated heterocycles. The molecule has 0 aliphatic carbocycles. The summed E-state index contributed by atoms with van der Waals surface area (Å²) in [5, 5.41) is 23.7. The number of carbonyl (C=O) groups excluding carboxylic acids is 1. The van der Waals surface area contributed by atoms with Gasteiger partial charge in [-0.3, -0.25) is 9.36 Å². The summed E-state index contributed by atoms with van der Waals surface area (Å²) in [6.07, 6.45) is 39.8. The van der Waals surface area contributed by atoms with Crippen LogP contribution in [0.15, 0.2) is 72.9 Å². The van der Waals surface area contributed by atoms with Crippen LogP contribution in [0.4, 0.5) is 0 Å². The molecule has 0 spiro atoms. The number of hydrogen-bond acceptors (Lipinski definition) is 7. The Bertz CT molecular complexity index is 1090. The average Bonchev–Trinajstić information content (AvgIpc) is 3.08. The van der Waals surface area contributed by atoms with Crippen LogP contribution >= 0.6 is 7.82 Å². The molecular weight excluding hydrogens is 675 g/mol. The van der Waals surface area contributed by atoms with Crippen LogP contribution in [0.1, 0.15) is 129 Å². The maximum absolute atomic E-state index is 12.8. The smallest absolute Gasteiger partial charge is 0.268 e. The van der Waals surface area contributed by atoms with Crippen LogP contribution in [0.3, 0.4) is 0 Å². The van der Waals surface area contributed by atoms with Gasteiger partial charge in [-0.25, -0.2) is 0 Å². The van der Waals surface area contributed by atoms with E-state index in [2.05, 4.69) is 37.4 Å². The summed E-state index contributed by atoms with van der Waals surface area (Å²) in [7, 11) is 1.15. The van der Waals surface area contributed by atoms with Crippen LogP contribution in [0.2, 0.25) is 0 Å². The fourth-order valence-electron chi connectivity index (χ4n) is 4.95. The van der Waals surface area contributed by atoms with Crippen molar-refractivity contribution in [2.75, 3.05) is 40.9 Å². The normalized spacial score (nSPS) is 15.9. The highest BCUT2D eigenvalue weighted by Crippen LogP contribution is 2.38. The van der Waals surface area contributed by atoms with Crippen molar-refractivity contribution in [1.29, 1.82) is 0 Å². The fourth-order valence-corrected chi connectivity index (χ4v) is 5.67. The van der Waals surface area contributed by atoms with Crippen molar-refractivity contribution < 1.29 is 38.0 Å². The molecule has 1 unspecified atom stereocenters. The largest absolute Gasteiger partial charge is 0.756 e. The lowest BCUT2D eigenvalue weighted by atomic mass is 10.1. The molecule has 0 aliphatic rings. The number of hydrogen-bond donors (Lipinski definition) is 3. The van der Waals surface area contributed by atoms with E-state index in [0.717, 1.165) is 32.1 Å². The summed E-state index contributed by atoms with van der Waals surface area (Å²) in [6, 6.07) is -0.953. The van der Waals surface area contributed by atoms with E-state index >= 15 is 0 Å². The second-order valence-electron chi connectivity index (χ2n) is 14.5. The molecule has 300 valence electrons. The monoisotopic (exact) mass is 751 g/mol. The first-order valence-corrected chi connectivity index (χ1v) is 21.4. The van der Waals surface area contributed by atoms with Crippen molar-refractivity contribution in [2.45, 2.75) is 148 Å². The van der Waals surface area contributed by atoms with E-state index in [4.69, 9.17) is 9.05 Å². The summed E-state index contributed by atoms with van der Waals surface area (Å²) in [5.74, 6) is -0.293. The predicted octanol–water partition coefficient (Wildman–Crippen LogP) is 8.80. The molecule has 0 aromatic carbocycles. The van der Waals surface area contributed by atoms with Gasteiger partial charge >= 0.3 is 0 Å². The number of unbranched alkanes of at least 4 members (excludes halogenated alkanes) is 11. The molecule has 0 aromatic rings. The van der Waals surface area contributed by atoms with Crippen LogP contribution in [-0.2, 0) is 18.4 Å². The molecular formula is C42H75N2O7P. The van der Waals surface area contributed by atoms with Gasteiger partial charge in [0.25, 0.3) is 7.82 Å². The molecule has 0 heterocycles. The van der Waals surface area contributed by atoms with Crippen LogP contribution in [0, 0.1) is 0 Å². The lowest BCUT2D eigenvalue weighted by Crippen LogP contribution is -2.45. The van der Waals surface area contributed by atoms with Crippen molar-refractivity contribution >= 4 is 13.7 Å². The Kier molecular flexibility index (Phi) is 32.1. The van der Waals surface area contributed by atoms with Gasteiger partial charge in [0, 0.05) is 6.42 Å². The number of nitrogens with one attached hydrogen (secondary N) is 1. The number of amides is 1. The minimum absolute atomic E-state index is 0.0314. The highest BCUT2D eigenvalue weighted by Gasteiger charge is 2.23. The van der Waals surface area contributed by atoms with Gasteiger partial charge in [-0.05, 0) is 64.2 Å². The Morgan fingerprint density at radius 2 is 1.33 bits per heavy atom. The second-order valence-corrected chi connectivity index (χ2v) is 15.9. The van der Waals surface area contributed by atoms with Gasteiger partial charge in [0.1, 0.15) is 13.2 Å². The fraction of sp³-hybridized carbons (Fsp3) is 0.690. The first-order chi connectivity index (χ1) is 24.9. The Morgan fingerprint density at radius 3 is 2.06 bits per heavy atom. The lowest BCUT2D eigenvalue weighted by molar-refractivity contribution is -0.870.